The third-order valence-corrected chi connectivity index (χ3v) is 6.77. The summed E-state index contributed by atoms with van der Waals surface area (Å²) in [5, 5.41) is 3.78. The molecular formula is C19H20N4O6S2. The predicted octanol–water partition coefficient (Wildman–Crippen LogP) is 2.37. The lowest BCUT2D eigenvalue weighted by atomic mass is 10.2. The summed E-state index contributed by atoms with van der Waals surface area (Å²) < 4.78 is 36.1. The molecule has 0 aliphatic rings. The summed E-state index contributed by atoms with van der Waals surface area (Å²) in [7, 11) is -2.40. The fourth-order valence-electron chi connectivity index (χ4n) is 2.75. The summed E-state index contributed by atoms with van der Waals surface area (Å²) in [5.74, 6) is -0.668. The molecule has 10 nitrogen and oxygen atoms in total. The van der Waals surface area contributed by atoms with Crippen molar-refractivity contribution in [3.8, 4) is 0 Å². The minimum absolute atomic E-state index is 0.0473. The fraction of sp³-hybridized carbons (Fsp3) is 0.263. The lowest BCUT2D eigenvalue weighted by Crippen LogP contribution is -2.28. The van der Waals surface area contributed by atoms with E-state index >= 15 is 0 Å². The fourth-order valence-corrected chi connectivity index (χ4v) is 4.78. The lowest BCUT2D eigenvalue weighted by Gasteiger charge is -2.09. The zero-order valence-electron chi connectivity index (χ0n) is 17.0. The number of rotatable bonds is 8. The first kappa shape index (κ1) is 22.6. The topological polar surface area (TPSA) is 137 Å². The Hall–Kier alpha value is -3.09. The van der Waals surface area contributed by atoms with Crippen LogP contribution in [0.3, 0.4) is 0 Å². The predicted molar refractivity (Wildman–Crippen MR) is 115 cm³/mol. The zero-order valence-corrected chi connectivity index (χ0v) is 18.6. The van der Waals surface area contributed by atoms with Gasteiger partial charge in [-0.25, -0.2) is 27.9 Å². The molecule has 1 amide bonds. The van der Waals surface area contributed by atoms with Crippen molar-refractivity contribution in [2.45, 2.75) is 18.7 Å². The number of aromatic nitrogens is 2. The minimum atomic E-state index is -3.92. The van der Waals surface area contributed by atoms with E-state index in [0.717, 1.165) is 6.92 Å². The van der Waals surface area contributed by atoms with Gasteiger partial charge < -0.3 is 14.8 Å². The quantitative estimate of drug-likeness (QED) is 0.380. The van der Waals surface area contributed by atoms with E-state index in [2.05, 4.69) is 15.3 Å². The van der Waals surface area contributed by atoms with Crippen LogP contribution < -0.4 is 10.0 Å². The molecule has 0 fully saturated rings. The Kier molecular flexibility index (Phi) is 6.83. The molecule has 0 aliphatic heterocycles. The van der Waals surface area contributed by atoms with Gasteiger partial charge in [-0.15, -0.1) is 11.3 Å². The molecule has 0 aliphatic carbocycles. The van der Waals surface area contributed by atoms with Gasteiger partial charge in [0.2, 0.25) is 5.91 Å². The summed E-state index contributed by atoms with van der Waals surface area (Å²) in [6, 6.07) is 5.82. The molecule has 0 radical (unpaired) electrons. The van der Waals surface area contributed by atoms with Crippen molar-refractivity contribution in [2.24, 2.45) is 0 Å². The second-order valence-corrected chi connectivity index (χ2v) is 9.08. The number of thiophene rings is 1. The van der Waals surface area contributed by atoms with Crippen LogP contribution in [-0.4, -0.2) is 50.6 Å². The third kappa shape index (κ3) is 5.16. The Balaban J connectivity index is 1.87. The van der Waals surface area contributed by atoms with E-state index in [0.29, 0.717) is 38.8 Å². The monoisotopic (exact) mass is 464 g/mol. The van der Waals surface area contributed by atoms with Crippen LogP contribution in [0.2, 0.25) is 0 Å². The standard InChI is InChI=1S/C19H20N4O6S2/c1-11-15-17(20-10-21-18(15)30-16(11)19(25)29-9-8-28-3)22-13-4-6-14(7-5-13)31(26,27)23-12(2)24/h4-7,10H,8-9H2,1-3H3,(H,23,24)(H,20,21,22). The largest absolute Gasteiger partial charge is 0.459 e. The molecule has 0 spiro atoms. The summed E-state index contributed by atoms with van der Waals surface area (Å²) in [5.41, 5.74) is 1.24. The van der Waals surface area contributed by atoms with Gasteiger partial charge in [-0.3, -0.25) is 4.79 Å². The molecule has 0 unspecified atom stereocenters. The summed E-state index contributed by atoms with van der Waals surface area (Å²) >= 11 is 1.20. The number of carbonyl (C=O) groups excluding carboxylic acids is 2. The van der Waals surface area contributed by atoms with Gasteiger partial charge in [0.25, 0.3) is 10.0 Å². The number of sulfonamides is 1. The first-order chi connectivity index (χ1) is 14.7. The molecule has 0 saturated heterocycles. The number of aryl methyl sites for hydroxylation is 1. The van der Waals surface area contributed by atoms with Crippen molar-refractivity contribution in [1.29, 1.82) is 0 Å². The Morgan fingerprint density at radius 3 is 2.48 bits per heavy atom. The second kappa shape index (κ2) is 9.37. The highest BCUT2D eigenvalue weighted by atomic mass is 32.2. The van der Waals surface area contributed by atoms with Gasteiger partial charge in [0.05, 0.1) is 16.9 Å². The maximum atomic E-state index is 12.4. The molecule has 2 N–H and O–H groups in total. The SMILES string of the molecule is COCCOC(=O)c1sc2ncnc(Nc3ccc(S(=O)(=O)NC(C)=O)cc3)c2c1C. The Morgan fingerprint density at radius 1 is 1.13 bits per heavy atom. The number of hydrogen-bond acceptors (Lipinski definition) is 10. The highest BCUT2D eigenvalue weighted by Crippen LogP contribution is 2.34. The van der Waals surface area contributed by atoms with Gasteiger partial charge in [0.15, 0.2) is 0 Å². The number of nitrogens with one attached hydrogen (secondary N) is 2. The molecule has 164 valence electrons. The maximum absolute atomic E-state index is 12.4. The number of amides is 1. The molecular weight excluding hydrogens is 444 g/mol. The summed E-state index contributed by atoms with van der Waals surface area (Å²) in [6.45, 7) is 3.35. The number of nitrogens with zero attached hydrogens (tertiary/aromatic N) is 2. The smallest absolute Gasteiger partial charge is 0.348 e. The summed E-state index contributed by atoms with van der Waals surface area (Å²) in [4.78, 5) is 32.9. The van der Waals surface area contributed by atoms with Crippen LogP contribution in [0.25, 0.3) is 10.2 Å². The van der Waals surface area contributed by atoms with Gasteiger partial charge in [0.1, 0.15) is 28.5 Å². The second-order valence-electron chi connectivity index (χ2n) is 6.40. The van der Waals surface area contributed by atoms with Gasteiger partial charge >= 0.3 is 5.97 Å². The first-order valence-electron chi connectivity index (χ1n) is 9.03. The van der Waals surface area contributed by atoms with Crippen LogP contribution in [-0.2, 0) is 24.3 Å². The highest BCUT2D eigenvalue weighted by molar-refractivity contribution is 7.90. The van der Waals surface area contributed by atoms with Crippen LogP contribution >= 0.6 is 11.3 Å². The highest BCUT2D eigenvalue weighted by Gasteiger charge is 2.21. The minimum Gasteiger partial charge on any atom is -0.459 e. The molecule has 3 rings (SSSR count). The van der Waals surface area contributed by atoms with E-state index in [1.807, 2.05) is 4.72 Å². The molecule has 31 heavy (non-hydrogen) atoms. The Bertz CT molecular complexity index is 1220. The van der Waals surface area contributed by atoms with Gasteiger partial charge in [-0.05, 0) is 36.8 Å². The van der Waals surface area contributed by atoms with Gasteiger partial charge in [-0.1, -0.05) is 0 Å². The molecule has 0 atom stereocenters. The normalized spacial score (nSPS) is 11.3. The van der Waals surface area contributed by atoms with Crippen LogP contribution in [0, 0.1) is 6.92 Å². The number of anilines is 2. The molecule has 1 aromatic carbocycles. The van der Waals surface area contributed by atoms with E-state index < -0.39 is 21.9 Å². The number of hydrogen-bond donors (Lipinski definition) is 2. The lowest BCUT2D eigenvalue weighted by molar-refractivity contribution is -0.117. The zero-order chi connectivity index (χ0) is 22.6. The number of benzene rings is 1. The van der Waals surface area contributed by atoms with Crippen molar-refractivity contribution in [1.82, 2.24) is 14.7 Å². The third-order valence-electron chi connectivity index (χ3n) is 4.14. The van der Waals surface area contributed by atoms with E-state index in [1.165, 1.54) is 36.9 Å². The average Bonchev–Trinajstić information content (AvgIpc) is 3.05. The molecule has 2 heterocycles. The van der Waals surface area contributed by atoms with Gasteiger partial charge in [-0.2, -0.15) is 0 Å². The van der Waals surface area contributed by atoms with Crippen LogP contribution in [0.5, 0.6) is 0 Å². The number of esters is 1. The van der Waals surface area contributed by atoms with Crippen molar-refractivity contribution >= 4 is 55.0 Å². The van der Waals surface area contributed by atoms with Gasteiger partial charge in [0, 0.05) is 19.7 Å². The van der Waals surface area contributed by atoms with E-state index in [9.17, 15) is 18.0 Å². The van der Waals surface area contributed by atoms with Crippen molar-refractivity contribution in [2.75, 3.05) is 25.6 Å². The Morgan fingerprint density at radius 2 is 1.84 bits per heavy atom. The van der Waals surface area contributed by atoms with Crippen LogP contribution in [0.1, 0.15) is 22.2 Å². The van der Waals surface area contributed by atoms with Crippen LogP contribution in [0.4, 0.5) is 11.5 Å². The first-order valence-corrected chi connectivity index (χ1v) is 11.3. The summed E-state index contributed by atoms with van der Waals surface area (Å²) in [6.07, 6.45) is 1.37. The van der Waals surface area contributed by atoms with E-state index in [1.54, 1.807) is 19.1 Å². The molecule has 0 saturated carbocycles. The molecule has 2 aromatic heterocycles. The maximum Gasteiger partial charge on any atom is 0.348 e. The van der Waals surface area contributed by atoms with Crippen molar-refractivity contribution < 1.29 is 27.5 Å². The van der Waals surface area contributed by atoms with Crippen molar-refractivity contribution in [3.05, 3.63) is 41.0 Å². The van der Waals surface area contributed by atoms with E-state index in [4.69, 9.17) is 9.47 Å². The number of ether oxygens (including phenoxy) is 2. The molecule has 3 aromatic rings. The molecule has 0 bridgehead atoms. The van der Waals surface area contributed by atoms with Crippen LogP contribution in [0.15, 0.2) is 35.5 Å². The number of carbonyl (C=O) groups is 2. The number of methoxy groups -OCH3 is 1. The van der Waals surface area contributed by atoms with E-state index in [-0.39, 0.29) is 11.5 Å². The number of fused-ring (bicyclic) bond motifs is 1. The molecule has 12 heteroatoms. The van der Waals surface area contributed by atoms with Crippen molar-refractivity contribution in [3.63, 3.8) is 0 Å². The average molecular weight is 465 g/mol. The Labute approximate surface area is 182 Å².